The van der Waals surface area contributed by atoms with Crippen LogP contribution in [0.4, 0.5) is 0 Å². The molecule has 0 spiro atoms. The number of carboxylic acids is 1. The Bertz CT molecular complexity index is 685. The van der Waals surface area contributed by atoms with Crippen LogP contribution >= 0.6 is 39.0 Å². The van der Waals surface area contributed by atoms with E-state index >= 15 is 0 Å². The van der Waals surface area contributed by atoms with Gasteiger partial charge in [-0.05, 0) is 22.0 Å². The molecule has 7 nitrogen and oxygen atoms in total. The van der Waals surface area contributed by atoms with Crippen LogP contribution in [0.1, 0.15) is 9.67 Å². The summed E-state index contributed by atoms with van der Waals surface area (Å²) in [4.78, 5) is 22.6. The topological polar surface area (TPSA) is 101 Å². The molecule has 0 amide bonds. The lowest BCUT2D eigenvalue weighted by atomic mass is 10.4. The van der Waals surface area contributed by atoms with Gasteiger partial charge in [0.2, 0.25) is 10.0 Å². The molecule has 1 aliphatic rings. The Hall–Kier alpha value is -0.620. The van der Waals surface area contributed by atoms with Crippen LogP contribution in [0.15, 0.2) is 14.7 Å². The predicted octanol–water partition coefficient (Wildman–Crippen LogP) is 1.45. The number of hydrogen-bond donors (Lipinski definition) is 1. The number of thioether (sulfide) groups is 1. The van der Waals surface area contributed by atoms with Crippen LogP contribution in [0.25, 0.3) is 0 Å². The molecule has 1 unspecified atom stereocenters. The minimum atomic E-state index is -4.00. The number of sulfonamides is 1. The van der Waals surface area contributed by atoms with Gasteiger partial charge in [-0.25, -0.2) is 13.2 Å². The van der Waals surface area contributed by atoms with Gasteiger partial charge < -0.3 is 9.84 Å². The maximum atomic E-state index is 12.6. The number of carbonyl (C=O) groups is 2. The Kier molecular flexibility index (Phi) is 4.98. The highest BCUT2D eigenvalue weighted by Gasteiger charge is 2.41. The van der Waals surface area contributed by atoms with E-state index in [1.54, 1.807) is 0 Å². The summed E-state index contributed by atoms with van der Waals surface area (Å²) in [5, 5.41) is 9.09. The number of carbonyl (C=O) groups excluding carboxylic acids is 1. The number of rotatable bonds is 4. The fourth-order valence-electron chi connectivity index (χ4n) is 1.71. The normalized spacial score (nSPS) is 19.6. The second kappa shape index (κ2) is 6.24. The van der Waals surface area contributed by atoms with E-state index in [9.17, 15) is 18.0 Å². The summed E-state index contributed by atoms with van der Waals surface area (Å²) >= 11 is 5.26. The van der Waals surface area contributed by atoms with Crippen LogP contribution in [0.5, 0.6) is 0 Å². The van der Waals surface area contributed by atoms with Crippen molar-refractivity contribution >= 4 is 61.0 Å². The zero-order chi connectivity index (χ0) is 15.8. The van der Waals surface area contributed by atoms with E-state index in [0.29, 0.717) is 0 Å². The Morgan fingerprint density at radius 3 is 2.76 bits per heavy atom. The van der Waals surface area contributed by atoms with Crippen molar-refractivity contribution in [3.8, 4) is 0 Å². The molecule has 0 bridgehead atoms. The van der Waals surface area contributed by atoms with Crippen LogP contribution in [0.3, 0.4) is 0 Å². The molecule has 0 saturated carbocycles. The summed E-state index contributed by atoms with van der Waals surface area (Å²) < 4.78 is 30.8. The predicted molar refractivity (Wildman–Crippen MR) is 81.1 cm³/mol. The summed E-state index contributed by atoms with van der Waals surface area (Å²) in [6, 6.07) is 0.0889. The Labute approximate surface area is 137 Å². The monoisotopic (exact) mass is 415 g/mol. The van der Waals surface area contributed by atoms with E-state index in [4.69, 9.17) is 5.11 Å². The first kappa shape index (κ1) is 16.7. The van der Waals surface area contributed by atoms with Gasteiger partial charge in [0.05, 0.1) is 16.8 Å². The molecule has 0 radical (unpaired) electrons. The highest BCUT2D eigenvalue weighted by molar-refractivity contribution is 9.11. The third kappa shape index (κ3) is 3.11. The van der Waals surface area contributed by atoms with E-state index in [1.807, 2.05) is 0 Å². The molecule has 21 heavy (non-hydrogen) atoms. The average molecular weight is 416 g/mol. The Balaban J connectivity index is 2.42. The number of nitrogens with zero attached hydrogens (tertiary/aromatic N) is 1. The Morgan fingerprint density at radius 1 is 1.52 bits per heavy atom. The summed E-state index contributed by atoms with van der Waals surface area (Å²) in [5.74, 6) is -1.58. The molecular formula is C10H10BrNO6S3. The zero-order valence-corrected chi connectivity index (χ0v) is 14.6. The number of methoxy groups -OCH3 is 1. The van der Waals surface area contributed by atoms with Crippen molar-refractivity contribution in [1.29, 1.82) is 0 Å². The molecule has 1 N–H and O–H groups in total. The SMILES string of the molecule is COC(=O)c1cc(S(=O)(=O)N2CSCC2C(=O)O)c(Br)s1. The molecule has 116 valence electrons. The first-order chi connectivity index (χ1) is 9.78. The first-order valence-electron chi connectivity index (χ1n) is 5.49. The summed E-state index contributed by atoms with van der Waals surface area (Å²) in [7, 11) is -2.80. The van der Waals surface area contributed by atoms with Crippen molar-refractivity contribution in [3.05, 3.63) is 14.7 Å². The zero-order valence-electron chi connectivity index (χ0n) is 10.6. The van der Waals surface area contributed by atoms with Crippen LogP contribution in [-0.2, 0) is 19.6 Å². The van der Waals surface area contributed by atoms with Crippen molar-refractivity contribution in [2.45, 2.75) is 10.9 Å². The molecule has 1 aromatic rings. The van der Waals surface area contributed by atoms with Crippen molar-refractivity contribution in [3.63, 3.8) is 0 Å². The number of halogens is 1. The largest absolute Gasteiger partial charge is 0.480 e. The standard InChI is InChI=1S/C10H10BrNO6S3/c1-18-10(15)6-2-7(8(11)20-6)21(16,17)12-4-19-3-5(12)9(13)14/h2,5H,3-4H2,1H3,(H,13,14). The van der Waals surface area contributed by atoms with E-state index in [-0.39, 0.29) is 25.2 Å². The number of hydrogen-bond acceptors (Lipinski definition) is 7. The molecular weight excluding hydrogens is 406 g/mol. The van der Waals surface area contributed by atoms with E-state index in [0.717, 1.165) is 15.6 Å². The van der Waals surface area contributed by atoms with Crippen molar-refractivity contribution in [1.82, 2.24) is 4.31 Å². The van der Waals surface area contributed by atoms with Gasteiger partial charge >= 0.3 is 11.9 Å². The second-order valence-corrected chi connectivity index (χ2v) is 9.22. The fourth-order valence-corrected chi connectivity index (χ4v) is 7.28. The van der Waals surface area contributed by atoms with Gasteiger partial charge in [-0.3, -0.25) is 4.79 Å². The van der Waals surface area contributed by atoms with Crippen molar-refractivity contribution < 1.29 is 27.9 Å². The van der Waals surface area contributed by atoms with Gasteiger partial charge in [0.25, 0.3) is 0 Å². The quantitative estimate of drug-likeness (QED) is 0.742. The number of thiophene rings is 1. The van der Waals surface area contributed by atoms with Crippen molar-refractivity contribution in [2.24, 2.45) is 0 Å². The molecule has 0 aromatic carbocycles. The van der Waals surface area contributed by atoms with Gasteiger partial charge in [0.15, 0.2) is 0 Å². The van der Waals surface area contributed by atoms with Crippen LogP contribution in [-0.4, -0.2) is 54.5 Å². The third-order valence-corrected chi connectivity index (χ3v) is 8.02. The van der Waals surface area contributed by atoms with Crippen LogP contribution in [0, 0.1) is 0 Å². The van der Waals surface area contributed by atoms with Crippen molar-refractivity contribution in [2.75, 3.05) is 18.7 Å². The minimum Gasteiger partial charge on any atom is -0.480 e. The molecule has 1 fully saturated rings. The van der Waals surface area contributed by atoms with E-state index in [2.05, 4.69) is 20.7 Å². The van der Waals surface area contributed by atoms with Gasteiger partial charge in [-0.1, -0.05) is 0 Å². The highest BCUT2D eigenvalue weighted by atomic mass is 79.9. The lowest BCUT2D eigenvalue weighted by Gasteiger charge is -2.19. The first-order valence-corrected chi connectivity index (χ1v) is 9.69. The van der Waals surface area contributed by atoms with Gasteiger partial charge in [0, 0.05) is 5.75 Å². The van der Waals surface area contributed by atoms with Gasteiger partial charge in [-0.2, -0.15) is 4.31 Å². The van der Waals surface area contributed by atoms with E-state index in [1.165, 1.54) is 24.9 Å². The second-order valence-electron chi connectivity index (χ2n) is 3.99. The van der Waals surface area contributed by atoms with E-state index < -0.39 is 28.0 Å². The molecule has 1 saturated heterocycles. The summed E-state index contributed by atoms with van der Waals surface area (Å²) in [6.07, 6.45) is 0. The summed E-state index contributed by atoms with van der Waals surface area (Å²) in [6.45, 7) is 0. The third-order valence-electron chi connectivity index (χ3n) is 2.76. The molecule has 11 heteroatoms. The number of esters is 1. The molecule has 1 aliphatic heterocycles. The lowest BCUT2D eigenvalue weighted by Crippen LogP contribution is -2.41. The number of carboxylic acid groups (broad SMARTS) is 1. The lowest BCUT2D eigenvalue weighted by molar-refractivity contribution is -0.140. The highest BCUT2D eigenvalue weighted by Crippen LogP contribution is 2.36. The van der Waals surface area contributed by atoms with Gasteiger partial charge in [0.1, 0.15) is 15.8 Å². The fraction of sp³-hybridized carbons (Fsp3) is 0.400. The van der Waals surface area contributed by atoms with Crippen LogP contribution in [0.2, 0.25) is 0 Å². The number of aliphatic carboxylic acids is 1. The molecule has 1 atom stereocenters. The smallest absolute Gasteiger partial charge is 0.348 e. The average Bonchev–Trinajstić information content (AvgIpc) is 3.04. The molecule has 1 aromatic heterocycles. The minimum absolute atomic E-state index is 0.0646. The Morgan fingerprint density at radius 2 is 2.19 bits per heavy atom. The summed E-state index contributed by atoms with van der Waals surface area (Å²) in [5.41, 5.74) is 0. The number of ether oxygens (including phenoxy) is 1. The molecule has 0 aliphatic carbocycles. The molecule has 2 heterocycles. The van der Waals surface area contributed by atoms with Gasteiger partial charge in [-0.15, -0.1) is 23.1 Å². The maximum Gasteiger partial charge on any atom is 0.348 e. The van der Waals surface area contributed by atoms with Crippen LogP contribution < -0.4 is 0 Å². The molecule has 2 rings (SSSR count). The maximum absolute atomic E-state index is 12.6.